The molecule has 0 unspecified atom stereocenters. The number of nitrogens with two attached hydrogens (primary N) is 1. The zero-order chi connectivity index (χ0) is 18.7. The fourth-order valence-corrected chi connectivity index (χ4v) is 2.90. The number of ether oxygens (including phenoxy) is 1. The van der Waals surface area contributed by atoms with Crippen LogP contribution in [-0.2, 0) is 0 Å². The molecule has 1 aliphatic rings. The third-order valence-corrected chi connectivity index (χ3v) is 4.18. The molecule has 2 aromatic carbocycles. The molecule has 134 valence electrons. The molecule has 8 nitrogen and oxygen atoms in total. The Labute approximate surface area is 149 Å². The number of carbonyl (C=O) groups is 2. The molecule has 0 aliphatic carbocycles. The highest BCUT2D eigenvalue weighted by atomic mass is 16.6. The van der Waals surface area contributed by atoms with Crippen molar-refractivity contribution in [2.24, 2.45) is 5.73 Å². The number of anilines is 1. The summed E-state index contributed by atoms with van der Waals surface area (Å²) in [5.74, 6) is -1.26. The lowest BCUT2D eigenvalue weighted by Gasteiger charge is -2.17. The molecule has 0 atom stereocenters. The number of rotatable bonds is 5. The number of nitrogens with zero attached hydrogens (tertiary/aromatic N) is 2. The second-order valence-electron chi connectivity index (χ2n) is 5.94. The molecule has 0 radical (unpaired) electrons. The van der Waals surface area contributed by atoms with E-state index in [1.807, 2.05) is 4.90 Å². The molecule has 2 aromatic rings. The first-order valence-corrected chi connectivity index (χ1v) is 8.11. The van der Waals surface area contributed by atoms with Gasteiger partial charge in [0.1, 0.15) is 11.4 Å². The van der Waals surface area contributed by atoms with E-state index >= 15 is 0 Å². The zero-order valence-corrected chi connectivity index (χ0v) is 13.9. The fourth-order valence-electron chi connectivity index (χ4n) is 2.90. The summed E-state index contributed by atoms with van der Waals surface area (Å²) < 4.78 is 5.21. The standard InChI is InChI=1S/C18H17N3O5/c19-17(22)12-4-3-5-14(10-12)26-18(23)13-6-7-15(16(11-13)21(24)25)20-8-1-2-9-20/h3-7,10-11H,1-2,8-9H2,(H2,19,22). The topological polar surface area (TPSA) is 116 Å². The van der Waals surface area contributed by atoms with Gasteiger partial charge in [-0.15, -0.1) is 0 Å². The molecule has 3 rings (SSSR count). The second-order valence-corrected chi connectivity index (χ2v) is 5.94. The minimum absolute atomic E-state index is 0.0594. The second kappa shape index (κ2) is 7.22. The van der Waals surface area contributed by atoms with E-state index in [-0.39, 0.29) is 22.6 Å². The molecule has 0 saturated carbocycles. The first kappa shape index (κ1) is 17.4. The molecule has 2 N–H and O–H groups in total. The SMILES string of the molecule is NC(=O)c1cccc(OC(=O)c2ccc(N3CCCC3)c([N+](=O)[O-])c2)c1. The van der Waals surface area contributed by atoms with Crippen molar-refractivity contribution in [1.29, 1.82) is 0 Å². The van der Waals surface area contributed by atoms with Crippen LogP contribution in [0, 0.1) is 10.1 Å². The molecule has 8 heteroatoms. The number of benzene rings is 2. The number of primary amides is 1. The molecule has 0 bridgehead atoms. The number of esters is 1. The predicted octanol–water partition coefficient (Wildman–Crippen LogP) is 2.51. The molecular weight excluding hydrogens is 338 g/mol. The number of hydrogen-bond donors (Lipinski definition) is 1. The van der Waals surface area contributed by atoms with Gasteiger partial charge in [0.05, 0.1) is 10.5 Å². The van der Waals surface area contributed by atoms with Crippen LogP contribution in [0.4, 0.5) is 11.4 Å². The van der Waals surface area contributed by atoms with E-state index in [0.29, 0.717) is 5.69 Å². The number of carbonyl (C=O) groups excluding carboxylic acids is 2. The molecule has 26 heavy (non-hydrogen) atoms. The average Bonchev–Trinajstić information content (AvgIpc) is 3.15. The highest BCUT2D eigenvalue weighted by Crippen LogP contribution is 2.32. The molecule has 1 heterocycles. The van der Waals surface area contributed by atoms with Crippen molar-refractivity contribution in [3.05, 3.63) is 63.7 Å². The van der Waals surface area contributed by atoms with Crippen LogP contribution in [0.3, 0.4) is 0 Å². The summed E-state index contributed by atoms with van der Waals surface area (Å²) in [5, 5.41) is 11.4. The number of nitro benzene ring substituents is 1. The monoisotopic (exact) mass is 355 g/mol. The Kier molecular flexibility index (Phi) is 4.83. The summed E-state index contributed by atoms with van der Waals surface area (Å²) in [4.78, 5) is 36.4. The van der Waals surface area contributed by atoms with Crippen molar-refractivity contribution >= 4 is 23.3 Å². The van der Waals surface area contributed by atoms with Gasteiger partial charge in [-0.05, 0) is 43.2 Å². The van der Waals surface area contributed by atoms with Crippen molar-refractivity contribution in [3.8, 4) is 5.75 Å². The van der Waals surface area contributed by atoms with Crippen molar-refractivity contribution in [2.75, 3.05) is 18.0 Å². The summed E-state index contributed by atoms with van der Waals surface area (Å²) in [6.07, 6.45) is 1.97. The smallest absolute Gasteiger partial charge is 0.343 e. The van der Waals surface area contributed by atoms with Gasteiger partial charge in [0.15, 0.2) is 0 Å². The highest BCUT2D eigenvalue weighted by Gasteiger charge is 2.24. The van der Waals surface area contributed by atoms with Crippen LogP contribution >= 0.6 is 0 Å². The molecule has 1 amide bonds. The van der Waals surface area contributed by atoms with E-state index in [4.69, 9.17) is 10.5 Å². The number of nitro groups is 1. The Balaban J connectivity index is 1.85. The Morgan fingerprint density at radius 2 is 1.81 bits per heavy atom. The summed E-state index contributed by atoms with van der Waals surface area (Å²) >= 11 is 0. The van der Waals surface area contributed by atoms with Crippen LogP contribution in [0.1, 0.15) is 33.6 Å². The lowest BCUT2D eigenvalue weighted by Crippen LogP contribution is -2.19. The Morgan fingerprint density at radius 1 is 1.08 bits per heavy atom. The molecule has 0 spiro atoms. The average molecular weight is 355 g/mol. The molecule has 1 saturated heterocycles. The van der Waals surface area contributed by atoms with Gasteiger partial charge in [0, 0.05) is 24.7 Å². The van der Waals surface area contributed by atoms with E-state index in [9.17, 15) is 19.7 Å². The van der Waals surface area contributed by atoms with Crippen LogP contribution in [0.25, 0.3) is 0 Å². The minimum atomic E-state index is -0.748. The third-order valence-electron chi connectivity index (χ3n) is 4.18. The van der Waals surface area contributed by atoms with Crippen LogP contribution in [-0.4, -0.2) is 29.9 Å². The van der Waals surface area contributed by atoms with E-state index in [0.717, 1.165) is 25.9 Å². The number of amides is 1. The van der Waals surface area contributed by atoms with Crippen molar-refractivity contribution in [1.82, 2.24) is 0 Å². The summed E-state index contributed by atoms with van der Waals surface area (Å²) in [6.45, 7) is 1.51. The van der Waals surface area contributed by atoms with Crippen molar-refractivity contribution in [3.63, 3.8) is 0 Å². The minimum Gasteiger partial charge on any atom is -0.423 e. The highest BCUT2D eigenvalue weighted by molar-refractivity contribution is 5.95. The predicted molar refractivity (Wildman–Crippen MR) is 94.5 cm³/mol. The molecule has 1 aliphatic heterocycles. The van der Waals surface area contributed by atoms with Gasteiger partial charge in [-0.25, -0.2) is 4.79 Å². The van der Waals surface area contributed by atoms with Crippen LogP contribution in [0.15, 0.2) is 42.5 Å². The van der Waals surface area contributed by atoms with Crippen LogP contribution < -0.4 is 15.4 Å². The van der Waals surface area contributed by atoms with E-state index in [1.165, 1.54) is 36.4 Å². The van der Waals surface area contributed by atoms with Crippen LogP contribution in [0.2, 0.25) is 0 Å². The largest absolute Gasteiger partial charge is 0.423 e. The summed E-state index contributed by atoms with van der Waals surface area (Å²) in [5.41, 5.74) is 5.82. The van der Waals surface area contributed by atoms with E-state index in [1.54, 1.807) is 6.07 Å². The fraction of sp³-hybridized carbons (Fsp3) is 0.222. The summed E-state index contributed by atoms with van der Waals surface area (Å²) in [7, 11) is 0. The number of hydrogen-bond acceptors (Lipinski definition) is 6. The van der Waals surface area contributed by atoms with Crippen molar-refractivity contribution < 1.29 is 19.2 Å². The van der Waals surface area contributed by atoms with E-state index in [2.05, 4.69) is 0 Å². The lowest BCUT2D eigenvalue weighted by molar-refractivity contribution is -0.384. The van der Waals surface area contributed by atoms with Gasteiger partial charge in [-0.3, -0.25) is 14.9 Å². The van der Waals surface area contributed by atoms with Gasteiger partial charge in [0.25, 0.3) is 5.69 Å². The van der Waals surface area contributed by atoms with E-state index < -0.39 is 16.8 Å². The Morgan fingerprint density at radius 3 is 2.46 bits per heavy atom. The van der Waals surface area contributed by atoms with Crippen LogP contribution in [0.5, 0.6) is 5.75 Å². The van der Waals surface area contributed by atoms with Gasteiger partial charge in [0.2, 0.25) is 5.91 Å². The maximum Gasteiger partial charge on any atom is 0.343 e. The third kappa shape index (κ3) is 3.64. The first-order chi connectivity index (χ1) is 12.5. The molecular formula is C18H17N3O5. The quantitative estimate of drug-likeness (QED) is 0.381. The van der Waals surface area contributed by atoms with Gasteiger partial charge >= 0.3 is 5.97 Å². The van der Waals surface area contributed by atoms with Gasteiger partial charge in [-0.1, -0.05) is 6.07 Å². The molecule has 1 fully saturated rings. The molecule has 0 aromatic heterocycles. The maximum atomic E-state index is 12.3. The van der Waals surface area contributed by atoms with Crippen molar-refractivity contribution in [2.45, 2.75) is 12.8 Å². The Bertz CT molecular complexity index is 875. The van der Waals surface area contributed by atoms with Gasteiger partial charge < -0.3 is 15.4 Å². The summed E-state index contributed by atoms with van der Waals surface area (Å²) in [6, 6.07) is 10.1. The lowest BCUT2D eigenvalue weighted by atomic mass is 10.1. The van der Waals surface area contributed by atoms with Gasteiger partial charge in [-0.2, -0.15) is 0 Å². The maximum absolute atomic E-state index is 12.3. The Hall–Kier alpha value is -3.42. The first-order valence-electron chi connectivity index (χ1n) is 8.11. The zero-order valence-electron chi connectivity index (χ0n) is 13.9. The normalized spacial score (nSPS) is 13.5.